The number of hydrogen-bond acceptors (Lipinski definition) is 4. The van der Waals surface area contributed by atoms with Crippen LogP contribution in [0.1, 0.15) is 96.8 Å². The van der Waals surface area contributed by atoms with Gasteiger partial charge in [0.25, 0.3) is 10.1 Å². The van der Waals surface area contributed by atoms with Crippen molar-refractivity contribution < 1.29 is 17.8 Å². The topological polar surface area (TPSA) is 83.5 Å². The minimum atomic E-state index is -3.94. The summed E-state index contributed by atoms with van der Waals surface area (Å²) in [6.45, 7) is 2.55. The van der Waals surface area contributed by atoms with Gasteiger partial charge in [0.05, 0.1) is 12.3 Å². The second-order valence-electron chi connectivity index (χ2n) is 6.99. The first-order valence-corrected chi connectivity index (χ1v) is 11.7. The fraction of sp³-hybridized carbons (Fsp3) is 0.947. The molecular formula is C19H39NNaO4S. The summed E-state index contributed by atoms with van der Waals surface area (Å²) in [7, 11) is -3.94. The number of hydrogen-bond donors (Lipinski definition) is 2. The van der Waals surface area contributed by atoms with Crippen molar-refractivity contribution in [3.05, 3.63) is 0 Å². The van der Waals surface area contributed by atoms with Crippen LogP contribution < -0.4 is 5.32 Å². The van der Waals surface area contributed by atoms with Crippen molar-refractivity contribution in [2.24, 2.45) is 0 Å². The number of carbonyl (C=O) groups is 1. The van der Waals surface area contributed by atoms with Crippen LogP contribution in [0.4, 0.5) is 0 Å². The Labute approximate surface area is 183 Å². The van der Waals surface area contributed by atoms with Gasteiger partial charge < -0.3 is 5.32 Å². The minimum Gasteiger partial charge on any atom is -0.309 e. The second-order valence-corrected chi connectivity index (χ2v) is 8.57. The first-order chi connectivity index (χ1) is 12.0. The van der Waals surface area contributed by atoms with Crippen LogP contribution >= 0.6 is 0 Å². The molecule has 0 aromatic carbocycles. The number of unbranched alkanes of at least 4 members (excludes halogenated alkanes) is 12. The van der Waals surface area contributed by atoms with E-state index in [1.54, 1.807) is 0 Å². The van der Waals surface area contributed by atoms with Crippen LogP contribution in [-0.4, -0.2) is 67.2 Å². The molecule has 7 heteroatoms. The molecule has 2 N–H and O–H groups in total. The molecule has 5 nitrogen and oxygen atoms in total. The Balaban J connectivity index is 0. The molecule has 0 saturated carbocycles. The minimum absolute atomic E-state index is 0. The monoisotopic (exact) mass is 400 g/mol. The normalized spacial score (nSPS) is 11.3. The quantitative estimate of drug-likeness (QED) is 0.193. The zero-order valence-corrected chi connectivity index (χ0v) is 19.9. The summed E-state index contributed by atoms with van der Waals surface area (Å²) in [4.78, 5) is 11.6. The Bertz CT molecular complexity index is 416. The third-order valence-electron chi connectivity index (χ3n) is 4.42. The van der Waals surface area contributed by atoms with Crippen LogP contribution in [-0.2, 0) is 14.9 Å². The summed E-state index contributed by atoms with van der Waals surface area (Å²) >= 11 is 0. The van der Waals surface area contributed by atoms with Gasteiger partial charge in [-0.1, -0.05) is 84.0 Å². The molecule has 0 fully saturated rings. The standard InChI is InChI=1S/C19H39NO4S.Na/c1-2-3-4-5-6-7-8-9-10-11-12-13-14-15-19(21)18-20-16-17-25(22,23)24;/h20H,2-18H2,1H3,(H,22,23,24);. The number of ketones is 1. The van der Waals surface area contributed by atoms with Gasteiger partial charge in [0.1, 0.15) is 5.78 Å². The Hall–Kier alpha value is 0.540. The molecular weight excluding hydrogens is 361 g/mol. The molecule has 0 aliphatic heterocycles. The summed E-state index contributed by atoms with van der Waals surface area (Å²) < 4.78 is 29.6. The van der Waals surface area contributed by atoms with Gasteiger partial charge in [0, 0.05) is 42.5 Å². The fourth-order valence-corrected chi connectivity index (χ4v) is 3.26. The van der Waals surface area contributed by atoms with Crippen LogP contribution in [0.15, 0.2) is 0 Å². The van der Waals surface area contributed by atoms with E-state index in [4.69, 9.17) is 4.55 Å². The van der Waals surface area contributed by atoms with Gasteiger partial charge in [-0.15, -0.1) is 0 Å². The molecule has 0 aromatic heterocycles. The van der Waals surface area contributed by atoms with Crippen LogP contribution in [0.3, 0.4) is 0 Å². The van der Waals surface area contributed by atoms with E-state index in [9.17, 15) is 13.2 Å². The van der Waals surface area contributed by atoms with Gasteiger partial charge in [0.15, 0.2) is 0 Å². The van der Waals surface area contributed by atoms with E-state index in [1.807, 2.05) is 0 Å². The Kier molecular flexibility index (Phi) is 22.4. The molecule has 0 saturated heterocycles. The Morgan fingerprint density at radius 3 is 1.65 bits per heavy atom. The first-order valence-electron chi connectivity index (χ1n) is 10.1. The predicted molar refractivity (Wildman–Crippen MR) is 110 cm³/mol. The largest absolute Gasteiger partial charge is 0.309 e. The van der Waals surface area contributed by atoms with Crippen LogP contribution in [0.2, 0.25) is 0 Å². The van der Waals surface area contributed by atoms with E-state index >= 15 is 0 Å². The summed E-state index contributed by atoms with van der Waals surface area (Å²) in [5, 5.41) is 2.75. The maximum atomic E-state index is 11.6. The average Bonchev–Trinajstić information content (AvgIpc) is 2.55. The van der Waals surface area contributed by atoms with Gasteiger partial charge >= 0.3 is 0 Å². The second kappa shape index (κ2) is 20.3. The maximum Gasteiger partial charge on any atom is 0.266 e. The molecule has 0 aromatic rings. The van der Waals surface area contributed by atoms with Crippen molar-refractivity contribution in [1.29, 1.82) is 0 Å². The SMILES string of the molecule is CCCCCCCCCCCCCCCC(=O)CNCCS(=O)(=O)O.[Na]. The molecule has 0 rings (SSSR count). The zero-order valence-electron chi connectivity index (χ0n) is 17.1. The Morgan fingerprint density at radius 1 is 0.808 bits per heavy atom. The molecule has 0 amide bonds. The fourth-order valence-electron chi connectivity index (χ4n) is 2.86. The van der Waals surface area contributed by atoms with Crippen molar-refractivity contribution in [2.75, 3.05) is 18.8 Å². The first kappa shape index (κ1) is 28.7. The van der Waals surface area contributed by atoms with Crippen LogP contribution in [0.25, 0.3) is 0 Å². The molecule has 0 bridgehead atoms. The number of nitrogens with one attached hydrogen (secondary N) is 1. The summed E-state index contributed by atoms with van der Waals surface area (Å²) in [5.74, 6) is -0.239. The summed E-state index contributed by atoms with van der Waals surface area (Å²) in [6, 6.07) is 0. The summed E-state index contributed by atoms with van der Waals surface area (Å²) in [6.07, 6.45) is 17.3. The van der Waals surface area contributed by atoms with Crippen molar-refractivity contribution in [2.45, 2.75) is 96.8 Å². The third kappa shape index (κ3) is 24.5. The van der Waals surface area contributed by atoms with Crippen molar-refractivity contribution >= 4 is 45.5 Å². The van der Waals surface area contributed by atoms with Gasteiger partial charge in [-0.25, -0.2) is 0 Å². The zero-order chi connectivity index (χ0) is 18.8. The van der Waals surface area contributed by atoms with Gasteiger partial charge in [-0.2, -0.15) is 8.42 Å². The van der Waals surface area contributed by atoms with Gasteiger partial charge in [-0.3, -0.25) is 9.35 Å². The van der Waals surface area contributed by atoms with Gasteiger partial charge in [-0.05, 0) is 6.42 Å². The molecule has 0 heterocycles. The molecule has 0 atom stereocenters. The number of carbonyl (C=O) groups excluding carboxylic acids is 1. The smallest absolute Gasteiger partial charge is 0.266 e. The van der Waals surface area contributed by atoms with Crippen molar-refractivity contribution in [3.63, 3.8) is 0 Å². The van der Waals surface area contributed by atoms with E-state index in [0.29, 0.717) is 6.42 Å². The molecule has 26 heavy (non-hydrogen) atoms. The Morgan fingerprint density at radius 2 is 1.23 bits per heavy atom. The van der Waals surface area contributed by atoms with Crippen molar-refractivity contribution in [3.8, 4) is 0 Å². The predicted octanol–water partition coefficient (Wildman–Crippen LogP) is 4.13. The van der Waals surface area contributed by atoms with E-state index in [-0.39, 0.29) is 54.2 Å². The van der Waals surface area contributed by atoms with E-state index in [2.05, 4.69) is 12.2 Å². The molecule has 151 valence electrons. The molecule has 0 aliphatic rings. The third-order valence-corrected chi connectivity index (χ3v) is 5.14. The van der Waals surface area contributed by atoms with Crippen LogP contribution in [0.5, 0.6) is 0 Å². The average molecular weight is 401 g/mol. The number of rotatable bonds is 19. The van der Waals surface area contributed by atoms with Crippen LogP contribution in [0, 0.1) is 0 Å². The summed E-state index contributed by atoms with van der Waals surface area (Å²) in [5.41, 5.74) is 0. The molecule has 0 spiro atoms. The maximum absolute atomic E-state index is 11.6. The number of Topliss-reactive ketones (excluding diaryl/α,β-unsaturated/α-hetero) is 1. The van der Waals surface area contributed by atoms with Crippen molar-refractivity contribution in [1.82, 2.24) is 5.32 Å². The van der Waals surface area contributed by atoms with Gasteiger partial charge in [0.2, 0.25) is 0 Å². The molecule has 1 radical (unpaired) electrons. The molecule has 0 unspecified atom stereocenters. The van der Waals surface area contributed by atoms with E-state index in [0.717, 1.165) is 12.8 Å². The molecule has 0 aliphatic carbocycles. The van der Waals surface area contributed by atoms with E-state index in [1.165, 1.54) is 70.6 Å². The van der Waals surface area contributed by atoms with E-state index < -0.39 is 10.1 Å².